The molecule has 2 aromatic rings. The van der Waals surface area contributed by atoms with E-state index in [4.69, 9.17) is 9.47 Å². The van der Waals surface area contributed by atoms with Gasteiger partial charge >= 0.3 is 11.7 Å². The Balaban J connectivity index is 2.09. The van der Waals surface area contributed by atoms with Crippen LogP contribution in [0.4, 0.5) is 15.8 Å². The molecule has 1 amide bonds. The number of nitro groups is 1. The van der Waals surface area contributed by atoms with Gasteiger partial charge in [-0.05, 0) is 38.1 Å². The summed E-state index contributed by atoms with van der Waals surface area (Å²) in [5.74, 6) is -2.29. The molecule has 8 nitrogen and oxygen atoms in total. The van der Waals surface area contributed by atoms with E-state index >= 15 is 0 Å². The lowest BCUT2D eigenvalue weighted by atomic mass is 10.2. The van der Waals surface area contributed by atoms with Gasteiger partial charge in [0.05, 0.1) is 22.8 Å². The van der Waals surface area contributed by atoms with E-state index in [1.165, 1.54) is 43.3 Å². The topological polar surface area (TPSA) is 108 Å². The third-order valence-electron chi connectivity index (χ3n) is 3.48. The van der Waals surface area contributed by atoms with Gasteiger partial charge in [-0.25, -0.2) is 9.18 Å². The zero-order chi connectivity index (χ0) is 20.0. The Morgan fingerprint density at radius 3 is 2.59 bits per heavy atom. The van der Waals surface area contributed by atoms with E-state index in [9.17, 15) is 24.1 Å². The average molecular weight is 376 g/mol. The Kier molecular flexibility index (Phi) is 6.42. The summed E-state index contributed by atoms with van der Waals surface area (Å²) in [6.07, 6.45) is -1.25. The van der Waals surface area contributed by atoms with Crippen molar-refractivity contribution < 1.29 is 28.4 Å². The highest BCUT2D eigenvalue weighted by Gasteiger charge is 2.23. The van der Waals surface area contributed by atoms with Gasteiger partial charge in [-0.15, -0.1) is 0 Å². The van der Waals surface area contributed by atoms with Gasteiger partial charge < -0.3 is 14.8 Å². The van der Waals surface area contributed by atoms with Gasteiger partial charge in [0.1, 0.15) is 5.82 Å². The highest BCUT2D eigenvalue weighted by Crippen LogP contribution is 2.28. The van der Waals surface area contributed by atoms with Crippen LogP contribution in [0.15, 0.2) is 42.5 Å². The van der Waals surface area contributed by atoms with Gasteiger partial charge in [0.25, 0.3) is 5.91 Å². The Bertz CT molecular complexity index is 871. The van der Waals surface area contributed by atoms with Crippen molar-refractivity contribution in [3.63, 3.8) is 0 Å². The lowest BCUT2D eigenvalue weighted by Crippen LogP contribution is -2.30. The molecule has 0 aromatic heterocycles. The molecule has 2 aromatic carbocycles. The first-order valence-electron chi connectivity index (χ1n) is 8.01. The van der Waals surface area contributed by atoms with E-state index in [2.05, 4.69) is 5.32 Å². The molecule has 0 saturated heterocycles. The summed E-state index contributed by atoms with van der Waals surface area (Å²) in [5.41, 5.74) is -0.562. The van der Waals surface area contributed by atoms with Crippen LogP contribution in [0, 0.1) is 15.9 Å². The summed E-state index contributed by atoms with van der Waals surface area (Å²) in [6, 6.07) is 9.11. The predicted molar refractivity (Wildman–Crippen MR) is 94.2 cm³/mol. The second-order valence-electron chi connectivity index (χ2n) is 5.39. The number of amides is 1. The maximum absolute atomic E-state index is 13.6. The Labute approximate surface area is 154 Å². The molecule has 142 valence electrons. The molecule has 1 N–H and O–H groups in total. The molecule has 0 radical (unpaired) electrons. The maximum Gasteiger partial charge on any atom is 0.339 e. The number of ether oxygens (including phenoxy) is 2. The summed E-state index contributed by atoms with van der Waals surface area (Å²) in [4.78, 5) is 34.7. The minimum atomic E-state index is -1.25. The molecule has 0 heterocycles. The highest BCUT2D eigenvalue weighted by molar-refractivity contribution is 5.97. The van der Waals surface area contributed by atoms with Crippen molar-refractivity contribution in [1.82, 2.24) is 0 Å². The predicted octanol–water partition coefficient (Wildman–Crippen LogP) is 3.32. The third-order valence-corrected chi connectivity index (χ3v) is 3.48. The Morgan fingerprint density at radius 2 is 1.96 bits per heavy atom. The second kappa shape index (κ2) is 8.75. The van der Waals surface area contributed by atoms with Crippen LogP contribution in [-0.2, 0) is 9.53 Å². The molecule has 0 aliphatic rings. The van der Waals surface area contributed by atoms with Gasteiger partial charge in [-0.2, -0.15) is 0 Å². The Hall–Kier alpha value is -3.49. The lowest BCUT2D eigenvalue weighted by molar-refractivity contribution is -0.385. The summed E-state index contributed by atoms with van der Waals surface area (Å²) >= 11 is 0. The molecule has 0 bridgehead atoms. The van der Waals surface area contributed by atoms with Crippen LogP contribution >= 0.6 is 0 Å². The van der Waals surface area contributed by atoms with Crippen molar-refractivity contribution in [1.29, 1.82) is 0 Å². The number of halogens is 1. The number of carbonyl (C=O) groups is 2. The van der Waals surface area contributed by atoms with Gasteiger partial charge in [0.2, 0.25) is 0 Å². The summed E-state index contributed by atoms with van der Waals surface area (Å²) in [5, 5.41) is 13.4. The van der Waals surface area contributed by atoms with Crippen molar-refractivity contribution in [2.45, 2.75) is 20.0 Å². The SMILES string of the molecule is CCOc1ccc(C(=O)OC(C)C(=O)Nc2ccccc2F)cc1[N+](=O)[O-]. The minimum absolute atomic E-state index is 0.0180. The number of hydrogen-bond donors (Lipinski definition) is 1. The van der Waals surface area contributed by atoms with Crippen LogP contribution in [-0.4, -0.2) is 29.5 Å². The molecular weight excluding hydrogens is 359 g/mol. The number of anilines is 1. The fourth-order valence-corrected chi connectivity index (χ4v) is 2.14. The zero-order valence-corrected chi connectivity index (χ0v) is 14.6. The minimum Gasteiger partial charge on any atom is -0.487 e. The molecule has 1 atom stereocenters. The van der Waals surface area contributed by atoms with Crippen LogP contribution < -0.4 is 10.1 Å². The van der Waals surface area contributed by atoms with Crippen molar-refractivity contribution in [2.75, 3.05) is 11.9 Å². The number of esters is 1. The summed E-state index contributed by atoms with van der Waals surface area (Å²) in [7, 11) is 0. The number of para-hydroxylation sites is 1. The lowest BCUT2D eigenvalue weighted by Gasteiger charge is -2.14. The molecule has 0 aliphatic heterocycles. The number of carbonyl (C=O) groups excluding carboxylic acids is 2. The molecule has 27 heavy (non-hydrogen) atoms. The van der Waals surface area contributed by atoms with Crippen molar-refractivity contribution in [3.05, 3.63) is 64.0 Å². The second-order valence-corrected chi connectivity index (χ2v) is 5.39. The van der Waals surface area contributed by atoms with Gasteiger partial charge in [-0.3, -0.25) is 14.9 Å². The van der Waals surface area contributed by atoms with Crippen LogP contribution in [0.5, 0.6) is 5.75 Å². The van der Waals surface area contributed by atoms with Crippen LogP contribution in [0.1, 0.15) is 24.2 Å². The average Bonchev–Trinajstić information content (AvgIpc) is 2.63. The largest absolute Gasteiger partial charge is 0.487 e. The number of rotatable bonds is 7. The first-order chi connectivity index (χ1) is 12.8. The molecule has 0 spiro atoms. The Morgan fingerprint density at radius 1 is 1.26 bits per heavy atom. The summed E-state index contributed by atoms with van der Waals surface area (Å²) in [6.45, 7) is 3.19. The number of nitrogens with one attached hydrogen (secondary N) is 1. The number of nitrogens with zero attached hydrogens (tertiary/aromatic N) is 1. The smallest absolute Gasteiger partial charge is 0.339 e. The van der Waals surface area contributed by atoms with E-state index in [1.807, 2.05) is 0 Å². The standard InChI is InChI=1S/C18H17FN2O6/c1-3-26-16-9-8-12(10-15(16)21(24)25)18(23)27-11(2)17(22)20-14-7-5-4-6-13(14)19/h4-11H,3H2,1-2H3,(H,20,22). The van der Waals surface area contributed by atoms with E-state index in [1.54, 1.807) is 6.92 Å². The first kappa shape index (κ1) is 19.8. The number of hydrogen-bond acceptors (Lipinski definition) is 6. The molecule has 1 unspecified atom stereocenters. The number of benzene rings is 2. The monoisotopic (exact) mass is 376 g/mol. The van der Waals surface area contributed by atoms with Gasteiger partial charge in [0, 0.05) is 6.07 Å². The number of nitro benzene ring substituents is 1. The molecule has 0 fully saturated rings. The van der Waals surface area contributed by atoms with Crippen LogP contribution in [0.2, 0.25) is 0 Å². The van der Waals surface area contributed by atoms with Crippen molar-refractivity contribution in [2.24, 2.45) is 0 Å². The third kappa shape index (κ3) is 5.00. The van der Waals surface area contributed by atoms with E-state index in [-0.39, 0.29) is 23.6 Å². The van der Waals surface area contributed by atoms with Crippen LogP contribution in [0.3, 0.4) is 0 Å². The molecule has 2 rings (SSSR count). The van der Waals surface area contributed by atoms with Crippen molar-refractivity contribution in [3.8, 4) is 5.75 Å². The van der Waals surface area contributed by atoms with E-state index < -0.39 is 34.4 Å². The highest BCUT2D eigenvalue weighted by atomic mass is 19.1. The fraction of sp³-hybridized carbons (Fsp3) is 0.222. The summed E-state index contributed by atoms with van der Waals surface area (Å²) < 4.78 is 23.7. The quantitative estimate of drug-likeness (QED) is 0.451. The molecule has 9 heteroatoms. The van der Waals surface area contributed by atoms with E-state index in [0.717, 1.165) is 6.07 Å². The normalized spacial score (nSPS) is 11.4. The molecule has 0 saturated carbocycles. The first-order valence-corrected chi connectivity index (χ1v) is 8.01. The maximum atomic E-state index is 13.6. The van der Waals surface area contributed by atoms with Crippen LogP contribution in [0.25, 0.3) is 0 Å². The fourth-order valence-electron chi connectivity index (χ4n) is 2.14. The molecular formula is C18H17FN2O6. The van der Waals surface area contributed by atoms with Crippen molar-refractivity contribution >= 4 is 23.3 Å². The van der Waals surface area contributed by atoms with E-state index in [0.29, 0.717) is 0 Å². The zero-order valence-electron chi connectivity index (χ0n) is 14.6. The van der Waals surface area contributed by atoms with Gasteiger partial charge in [0.15, 0.2) is 11.9 Å². The molecule has 0 aliphatic carbocycles. The van der Waals surface area contributed by atoms with Gasteiger partial charge in [-0.1, -0.05) is 12.1 Å².